The van der Waals surface area contributed by atoms with Crippen molar-refractivity contribution in [1.29, 1.82) is 5.26 Å². The number of aryl methyl sites for hydroxylation is 2. The van der Waals surface area contributed by atoms with Crippen LogP contribution in [0.5, 0.6) is 0 Å². The van der Waals surface area contributed by atoms with Gasteiger partial charge in [-0.3, -0.25) is 4.68 Å². The average molecular weight is 184 g/mol. The van der Waals surface area contributed by atoms with E-state index in [1.165, 1.54) is 4.68 Å². The minimum atomic E-state index is 0.431. The second-order valence-corrected chi connectivity index (χ2v) is 2.96. The monoisotopic (exact) mass is 183 g/mol. The number of halogens is 1. The number of nitrogens with zero attached hydrogens (tertiary/aromatic N) is 3. The summed E-state index contributed by atoms with van der Waals surface area (Å²) in [5.41, 5.74) is 1.31. The van der Waals surface area contributed by atoms with Crippen LogP contribution in [0.2, 0.25) is 5.15 Å². The number of hydrogen-bond acceptors (Lipinski definition) is 2. The molecule has 64 valence electrons. The topological polar surface area (TPSA) is 41.6 Å². The number of rotatable bonds is 2. The van der Waals surface area contributed by atoms with Crippen molar-refractivity contribution in [3.8, 4) is 6.07 Å². The predicted octanol–water partition coefficient (Wildman–Crippen LogP) is 1.90. The summed E-state index contributed by atoms with van der Waals surface area (Å²) < 4.78 is 1.53. The normalized spacial score (nSPS) is 9.83. The molecule has 1 rings (SSSR count). The third kappa shape index (κ3) is 1.44. The fourth-order valence-electron chi connectivity index (χ4n) is 1.08. The van der Waals surface area contributed by atoms with Crippen LogP contribution in [0.25, 0.3) is 0 Å². The lowest BCUT2D eigenvalue weighted by atomic mass is 10.2. The minimum Gasteiger partial charge on any atom is -0.255 e. The van der Waals surface area contributed by atoms with Crippen LogP contribution in [0.4, 0.5) is 0 Å². The lowest BCUT2D eigenvalue weighted by Gasteiger charge is -1.89. The van der Waals surface area contributed by atoms with Crippen LogP contribution in [0.15, 0.2) is 0 Å². The molecule has 12 heavy (non-hydrogen) atoms. The van der Waals surface area contributed by atoms with Gasteiger partial charge < -0.3 is 0 Å². The molecule has 4 heteroatoms. The minimum absolute atomic E-state index is 0.431. The third-order valence-corrected chi connectivity index (χ3v) is 2.08. The van der Waals surface area contributed by atoms with Crippen molar-refractivity contribution in [2.24, 2.45) is 7.05 Å². The molecular weight excluding hydrogens is 174 g/mol. The molecule has 0 aliphatic heterocycles. The Morgan fingerprint density at radius 2 is 2.33 bits per heavy atom. The van der Waals surface area contributed by atoms with Crippen molar-refractivity contribution >= 4 is 11.6 Å². The molecule has 0 unspecified atom stereocenters. The average Bonchev–Trinajstić information content (AvgIpc) is 2.29. The van der Waals surface area contributed by atoms with Gasteiger partial charge in [-0.1, -0.05) is 24.9 Å². The van der Waals surface area contributed by atoms with Gasteiger partial charge in [-0.05, 0) is 6.42 Å². The van der Waals surface area contributed by atoms with Crippen LogP contribution >= 0.6 is 11.6 Å². The van der Waals surface area contributed by atoms with E-state index in [1.807, 2.05) is 6.92 Å². The van der Waals surface area contributed by atoms with E-state index in [-0.39, 0.29) is 0 Å². The zero-order chi connectivity index (χ0) is 9.14. The summed E-state index contributed by atoms with van der Waals surface area (Å²) in [4.78, 5) is 0. The Hall–Kier alpha value is -1.01. The highest BCUT2D eigenvalue weighted by Crippen LogP contribution is 2.18. The first kappa shape index (κ1) is 9.08. The Kier molecular flexibility index (Phi) is 2.72. The Labute approximate surface area is 76.6 Å². The van der Waals surface area contributed by atoms with Gasteiger partial charge in [0.2, 0.25) is 0 Å². The molecule has 0 saturated carbocycles. The molecule has 0 aliphatic rings. The first-order chi connectivity index (χ1) is 5.70. The highest BCUT2D eigenvalue weighted by atomic mass is 35.5. The quantitative estimate of drug-likeness (QED) is 0.703. The van der Waals surface area contributed by atoms with Gasteiger partial charge in [0.15, 0.2) is 0 Å². The van der Waals surface area contributed by atoms with E-state index in [9.17, 15) is 0 Å². The maximum Gasteiger partial charge on any atom is 0.144 e. The lowest BCUT2D eigenvalue weighted by Crippen LogP contribution is -1.91. The van der Waals surface area contributed by atoms with Gasteiger partial charge in [0.1, 0.15) is 16.8 Å². The molecule has 0 fully saturated rings. The van der Waals surface area contributed by atoms with Gasteiger partial charge in [-0.25, -0.2) is 0 Å². The zero-order valence-corrected chi connectivity index (χ0v) is 7.89. The molecule has 3 nitrogen and oxygen atoms in total. The molecule has 0 bridgehead atoms. The van der Waals surface area contributed by atoms with E-state index in [1.54, 1.807) is 7.05 Å². The molecule has 0 aliphatic carbocycles. The maximum absolute atomic E-state index is 8.75. The molecule has 0 amide bonds. The van der Waals surface area contributed by atoms with E-state index in [4.69, 9.17) is 16.9 Å². The molecule has 0 aromatic carbocycles. The molecule has 0 radical (unpaired) electrons. The smallest absolute Gasteiger partial charge is 0.144 e. The molecule has 0 spiro atoms. The lowest BCUT2D eigenvalue weighted by molar-refractivity contribution is 0.734. The van der Waals surface area contributed by atoms with E-state index in [0.717, 1.165) is 18.5 Å². The molecule has 1 aromatic rings. The number of aromatic nitrogens is 2. The van der Waals surface area contributed by atoms with E-state index < -0.39 is 0 Å². The second kappa shape index (κ2) is 3.59. The molecular formula is C8H10ClN3. The van der Waals surface area contributed by atoms with Gasteiger partial charge in [0.25, 0.3) is 0 Å². The molecule has 0 N–H and O–H groups in total. The standard InChI is InChI=1S/C8H10ClN3/c1-3-4-7-6(5-10)8(9)12(2)11-7/h3-4H2,1-2H3. The van der Waals surface area contributed by atoms with Gasteiger partial charge in [-0.15, -0.1) is 0 Å². The summed E-state index contributed by atoms with van der Waals surface area (Å²) in [6, 6.07) is 2.05. The largest absolute Gasteiger partial charge is 0.255 e. The van der Waals surface area contributed by atoms with E-state index >= 15 is 0 Å². The second-order valence-electron chi connectivity index (χ2n) is 2.60. The summed E-state index contributed by atoms with van der Waals surface area (Å²) >= 11 is 5.83. The summed E-state index contributed by atoms with van der Waals surface area (Å²) in [6.45, 7) is 2.05. The number of hydrogen-bond donors (Lipinski definition) is 0. The van der Waals surface area contributed by atoms with Crippen molar-refractivity contribution in [1.82, 2.24) is 9.78 Å². The van der Waals surface area contributed by atoms with Crippen LogP contribution in [0.1, 0.15) is 24.6 Å². The number of nitriles is 1. The first-order valence-electron chi connectivity index (χ1n) is 3.82. The Bertz CT molecular complexity index is 322. The van der Waals surface area contributed by atoms with Crippen LogP contribution in [-0.4, -0.2) is 9.78 Å². The van der Waals surface area contributed by atoms with Crippen molar-refractivity contribution in [2.45, 2.75) is 19.8 Å². The summed E-state index contributed by atoms with van der Waals surface area (Å²) in [5, 5.41) is 13.3. The zero-order valence-electron chi connectivity index (χ0n) is 7.13. The van der Waals surface area contributed by atoms with Crippen molar-refractivity contribution in [2.75, 3.05) is 0 Å². The Morgan fingerprint density at radius 3 is 2.83 bits per heavy atom. The maximum atomic E-state index is 8.75. The van der Waals surface area contributed by atoms with Gasteiger partial charge in [0.05, 0.1) is 5.69 Å². The van der Waals surface area contributed by atoms with Crippen LogP contribution in [0.3, 0.4) is 0 Å². The molecule has 0 saturated heterocycles. The van der Waals surface area contributed by atoms with Gasteiger partial charge in [-0.2, -0.15) is 10.4 Å². The predicted molar refractivity (Wildman–Crippen MR) is 46.9 cm³/mol. The van der Waals surface area contributed by atoms with Crippen molar-refractivity contribution in [3.63, 3.8) is 0 Å². The fourth-order valence-corrected chi connectivity index (χ4v) is 1.27. The van der Waals surface area contributed by atoms with Gasteiger partial charge in [0, 0.05) is 7.05 Å². The summed E-state index contributed by atoms with van der Waals surface area (Å²) in [7, 11) is 1.74. The summed E-state index contributed by atoms with van der Waals surface area (Å²) in [6.07, 6.45) is 1.78. The van der Waals surface area contributed by atoms with E-state index in [0.29, 0.717) is 10.7 Å². The third-order valence-electron chi connectivity index (χ3n) is 1.65. The highest BCUT2D eigenvalue weighted by molar-refractivity contribution is 6.30. The van der Waals surface area contributed by atoms with E-state index in [2.05, 4.69) is 11.2 Å². The molecule has 0 atom stereocenters. The van der Waals surface area contributed by atoms with Crippen molar-refractivity contribution < 1.29 is 0 Å². The van der Waals surface area contributed by atoms with Crippen LogP contribution in [-0.2, 0) is 13.5 Å². The SMILES string of the molecule is CCCc1nn(C)c(Cl)c1C#N. The Morgan fingerprint density at radius 1 is 1.67 bits per heavy atom. The molecule has 1 aromatic heterocycles. The van der Waals surface area contributed by atoms with Crippen molar-refractivity contribution in [3.05, 3.63) is 16.4 Å². The van der Waals surface area contributed by atoms with Crippen LogP contribution < -0.4 is 0 Å². The highest BCUT2D eigenvalue weighted by Gasteiger charge is 2.12. The fraction of sp³-hybridized carbons (Fsp3) is 0.500. The Balaban J connectivity index is 3.13. The van der Waals surface area contributed by atoms with Gasteiger partial charge >= 0.3 is 0 Å². The molecule has 1 heterocycles. The first-order valence-corrected chi connectivity index (χ1v) is 4.20. The van der Waals surface area contributed by atoms with Crippen LogP contribution in [0, 0.1) is 11.3 Å². The summed E-state index contributed by atoms with van der Waals surface area (Å²) in [5.74, 6) is 0.